The van der Waals surface area contributed by atoms with Gasteiger partial charge in [0.25, 0.3) is 10.0 Å². The Kier molecular flexibility index (Phi) is 5.17. The van der Waals surface area contributed by atoms with Crippen LogP contribution >= 0.6 is 28.6 Å². The molecule has 128 valence electrons. The third-order valence-electron chi connectivity index (χ3n) is 3.55. The van der Waals surface area contributed by atoms with E-state index in [0.29, 0.717) is 5.56 Å². The van der Waals surface area contributed by atoms with Gasteiger partial charge in [-0.25, -0.2) is 12.8 Å². The zero-order chi connectivity index (χ0) is 18.0. The third kappa shape index (κ3) is 3.89. The van der Waals surface area contributed by atoms with Crippen molar-refractivity contribution in [2.75, 3.05) is 4.72 Å². The number of hydrogen-bond donors (Lipinski definition) is 2. The fourth-order valence-corrected chi connectivity index (χ4v) is 4.14. The lowest BCUT2D eigenvalue weighted by Gasteiger charge is -2.13. The lowest BCUT2D eigenvalue weighted by atomic mass is 10.1. The third-order valence-corrected chi connectivity index (χ3v) is 5.86. The predicted octanol–water partition coefficient (Wildman–Crippen LogP) is 5.34. The maximum atomic E-state index is 14.7. The number of sulfonamides is 1. The van der Waals surface area contributed by atoms with Crippen molar-refractivity contribution < 1.29 is 12.8 Å². The van der Waals surface area contributed by atoms with Crippen molar-refractivity contribution in [2.24, 2.45) is 0 Å². The summed E-state index contributed by atoms with van der Waals surface area (Å²) in [5.41, 5.74) is 1.20. The second kappa shape index (κ2) is 7.19. The van der Waals surface area contributed by atoms with Crippen LogP contribution in [0.1, 0.15) is 0 Å². The molecule has 0 unspecified atom stereocenters. The number of rotatable bonds is 4. The van der Waals surface area contributed by atoms with Gasteiger partial charge in [0.2, 0.25) is 0 Å². The molecule has 0 fully saturated rings. The van der Waals surface area contributed by atoms with Crippen LogP contribution in [0, 0.1) is 5.82 Å². The minimum absolute atomic E-state index is 0.0613. The molecule has 0 aromatic heterocycles. The Morgan fingerprint density at radius 1 is 0.960 bits per heavy atom. The maximum Gasteiger partial charge on any atom is 0.261 e. The van der Waals surface area contributed by atoms with E-state index in [1.165, 1.54) is 18.2 Å². The average molecular weight is 438 g/mol. The van der Waals surface area contributed by atoms with Crippen molar-refractivity contribution in [3.63, 3.8) is 0 Å². The minimum atomic E-state index is -3.87. The van der Waals surface area contributed by atoms with Gasteiger partial charge in [-0.3, -0.25) is 4.72 Å². The SMILES string of the molecule is O=S(=O)(Nc1ccc(-c2cccc(Br)c2)c(S)c1F)c1ccccc1. The molecule has 25 heavy (non-hydrogen) atoms. The molecule has 3 aromatic rings. The number of nitrogens with one attached hydrogen (secondary N) is 1. The van der Waals surface area contributed by atoms with Crippen molar-refractivity contribution in [2.45, 2.75) is 9.79 Å². The van der Waals surface area contributed by atoms with Gasteiger partial charge >= 0.3 is 0 Å². The highest BCUT2D eigenvalue weighted by molar-refractivity contribution is 9.10. The van der Waals surface area contributed by atoms with E-state index in [0.717, 1.165) is 10.0 Å². The van der Waals surface area contributed by atoms with Crippen LogP contribution in [0.2, 0.25) is 0 Å². The van der Waals surface area contributed by atoms with Crippen molar-refractivity contribution in [1.29, 1.82) is 0 Å². The van der Waals surface area contributed by atoms with Crippen molar-refractivity contribution >= 4 is 44.3 Å². The van der Waals surface area contributed by atoms with E-state index in [2.05, 4.69) is 33.3 Å². The fourth-order valence-electron chi connectivity index (χ4n) is 2.34. The van der Waals surface area contributed by atoms with Crippen LogP contribution < -0.4 is 4.72 Å². The highest BCUT2D eigenvalue weighted by Crippen LogP contribution is 2.34. The number of thiol groups is 1. The molecule has 0 saturated heterocycles. The van der Waals surface area contributed by atoms with Crippen LogP contribution in [-0.2, 0) is 10.0 Å². The Morgan fingerprint density at radius 3 is 2.36 bits per heavy atom. The Hall–Kier alpha value is -1.83. The molecule has 0 aliphatic carbocycles. The molecule has 0 aliphatic rings. The summed E-state index contributed by atoms with van der Waals surface area (Å²) in [6.07, 6.45) is 0. The summed E-state index contributed by atoms with van der Waals surface area (Å²) in [6, 6.07) is 18.2. The highest BCUT2D eigenvalue weighted by atomic mass is 79.9. The molecule has 0 radical (unpaired) electrons. The van der Waals surface area contributed by atoms with E-state index in [9.17, 15) is 12.8 Å². The molecule has 3 nitrogen and oxygen atoms in total. The van der Waals surface area contributed by atoms with Gasteiger partial charge in [-0.1, -0.05) is 52.3 Å². The Morgan fingerprint density at radius 2 is 1.68 bits per heavy atom. The summed E-state index contributed by atoms with van der Waals surface area (Å²) >= 11 is 7.61. The van der Waals surface area contributed by atoms with Crippen molar-refractivity contribution in [1.82, 2.24) is 0 Å². The lowest BCUT2D eigenvalue weighted by Crippen LogP contribution is -2.14. The van der Waals surface area contributed by atoms with E-state index in [4.69, 9.17) is 0 Å². The van der Waals surface area contributed by atoms with Crippen molar-refractivity contribution in [3.8, 4) is 11.1 Å². The van der Waals surface area contributed by atoms with Gasteiger partial charge in [0.1, 0.15) is 0 Å². The van der Waals surface area contributed by atoms with Crippen LogP contribution in [0.3, 0.4) is 0 Å². The molecular formula is C18H13BrFNO2S2. The largest absolute Gasteiger partial charge is 0.277 e. The molecule has 0 spiro atoms. The molecule has 0 heterocycles. The molecule has 7 heteroatoms. The molecule has 0 aliphatic heterocycles. The Balaban J connectivity index is 1.99. The summed E-state index contributed by atoms with van der Waals surface area (Å²) in [4.78, 5) is 0.137. The molecule has 1 N–H and O–H groups in total. The Labute approximate surface area is 159 Å². The molecule has 0 amide bonds. The Bertz CT molecular complexity index is 1020. The standard InChI is InChI=1S/C18H13BrFNO2S2/c19-13-6-4-5-12(11-13)15-9-10-16(17(20)18(15)24)21-25(22,23)14-7-2-1-3-8-14/h1-11,21,24H. The first kappa shape index (κ1) is 18.0. The first-order valence-corrected chi connectivity index (χ1v) is 9.96. The second-order valence-electron chi connectivity index (χ2n) is 5.25. The van der Waals surface area contributed by atoms with E-state index >= 15 is 0 Å². The number of anilines is 1. The number of benzene rings is 3. The van der Waals surface area contributed by atoms with Crippen LogP contribution in [0.5, 0.6) is 0 Å². The van der Waals surface area contributed by atoms with Crippen LogP contribution in [0.25, 0.3) is 11.1 Å². The van der Waals surface area contributed by atoms with E-state index in [-0.39, 0.29) is 15.5 Å². The normalized spacial score (nSPS) is 11.3. The van der Waals surface area contributed by atoms with Crippen LogP contribution in [-0.4, -0.2) is 8.42 Å². The first-order chi connectivity index (χ1) is 11.9. The van der Waals surface area contributed by atoms with Crippen molar-refractivity contribution in [3.05, 3.63) is 77.0 Å². The van der Waals surface area contributed by atoms with E-state index in [1.807, 2.05) is 24.3 Å². The zero-order valence-electron chi connectivity index (χ0n) is 12.8. The summed E-state index contributed by atoms with van der Waals surface area (Å²) in [5.74, 6) is -0.722. The monoisotopic (exact) mass is 437 g/mol. The number of hydrogen-bond acceptors (Lipinski definition) is 3. The second-order valence-corrected chi connectivity index (χ2v) is 8.30. The highest BCUT2D eigenvalue weighted by Gasteiger charge is 2.18. The topological polar surface area (TPSA) is 46.2 Å². The van der Waals surface area contributed by atoms with Gasteiger partial charge in [0.15, 0.2) is 5.82 Å². The van der Waals surface area contributed by atoms with Gasteiger partial charge in [0.05, 0.1) is 10.6 Å². The summed E-state index contributed by atoms with van der Waals surface area (Å²) in [6.45, 7) is 0. The fraction of sp³-hybridized carbons (Fsp3) is 0. The molecule has 0 saturated carbocycles. The quantitative estimate of drug-likeness (QED) is 0.540. The summed E-state index contributed by atoms with van der Waals surface area (Å²) < 4.78 is 42.5. The van der Waals surface area contributed by atoms with E-state index < -0.39 is 15.8 Å². The molecule has 3 aromatic carbocycles. The average Bonchev–Trinajstić information content (AvgIpc) is 2.60. The van der Waals surface area contributed by atoms with Gasteiger partial charge in [-0.05, 0) is 41.5 Å². The van der Waals surface area contributed by atoms with Gasteiger partial charge < -0.3 is 0 Å². The van der Waals surface area contributed by atoms with E-state index in [1.54, 1.807) is 24.3 Å². The predicted molar refractivity (Wildman–Crippen MR) is 104 cm³/mol. The van der Waals surface area contributed by atoms with Gasteiger partial charge in [0, 0.05) is 9.37 Å². The maximum absolute atomic E-state index is 14.7. The molecule has 0 atom stereocenters. The number of halogens is 2. The van der Waals surface area contributed by atoms with Gasteiger partial charge in [-0.15, -0.1) is 12.6 Å². The zero-order valence-corrected chi connectivity index (χ0v) is 16.1. The van der Waals surface area contributed by atoms with Crippen LogP contribution in [0.4, 0.5) is 10.1 Å². The lowest BCUT2D eigenvalue weighted by molar-refractivity contribution is 0.594. The molecule has 3 rings (SSSR count). The molecular weight excluding hydrogens is 425 g/mol. The summed E-state index contributed by atoms with van der Waals surface area (Å²) in [5, 5.41) is 0. The van der Waals surface area contributed by atoms with Crippen LogP contribution in [0.15, 0.2) is 81.0 Å². The minimum Gasteiger partial charge on any atom is -0.277 e. The summed E-state index contributed by atoms with van der Waals surface area (Å²) in [7, 11) is -3.87. The van der Waals surface area contributed by atoms with Gasteiger partial charge in [-0.2, -0.15) is 0 Å². The smallest absolute Gasteiger partial charge is 0.261 e. The first-order valence-electron chi connectivity index (χ1n) is 7.24. The molecule has 0 bridgehead atoms.